The fourth-order valence-corrected chi connectivity index (χ4v) is 1.98. The summed E-state index contributed by atoms with van der Waals surface area (Å²) in [5.74, 6) is 0.566. The molecular formula is C16H27NO. The zero-order chi connectivity index (χ0) is 13.5. The molecule has 0 saturated heterocycles. The van der Waals surface area contributed by atoms with Gasteiger partial charge in [0, 0.05) is 0 Å². The van der Waals surface area contributed by atoms with Crippen molar-refractivity contribution in [1.29, 1.82) is 0 Å². The smallest absolute Gasteiger partial charge is 0.0662 e. The number of hydrogen-bond acceptors (Lipinski definition) is 2. The number of ether oxygens (including phenoxy) is 1. The Bertz CT molecular complexity index is 331. The lowest BCUT2D eigenvalue weighted by Gasteiger charge is -2.17. The van der Waals surface area contributed by atoms with Crippen LogP contribution in [0, 0.1) is 0 Å². The molecule has 18 heavy (non-hydrogen) atoms. The highest BCUT2D eigenvalue weighted by Crippen LogP contribution is 2.18. The van der Waals surface area contributed by atoms with Gasteiger partial charge in [-0.05, 0) is 30.4 Å². The molecule has 0 spiro atoms. The third-order valence-electron chi connectivity index (χ3n) is 3.29. The van der Waals surface area contributed by atoms with Gasteiger partial charge >= 0.3 is 0 Å². The molecule has 2 nitrogen and oxygen atoms in total. The maximum Gasteiger partial charge on any atom is 0.0662 e. The van der Waals surface area contributed by atoms with E-state index in [-0.39, 0.29) is 6.04 Å². The standard InChI is InChI=1S/C16H27NO/c1-5-6-13(4)18-11-16(17)15-9-7-14(8-10-15)12(2)3/h7-10,12-13,16H,5-6,11,17H2,1-4H3. The largest absolute Gasteiger partial charge is 0.377 e. The molecule has 0 heterocycles. The molecule has 1 aromatic carbocycles. The summed E-state index contributed by atoms with van der Waals surface area (Å²) in [7, 11) is 0. The SMILES string of the molecule is CCCC(C)OCC(N)c1ccc(C(C)C)cc1. The zero-order valence-corrected chi connectivity index (χ0v) is 12.1. The van der Waals surface area contributed by atoms with Gasteiger partial charge in [-0.15, -0.1) is 0 Å². The summed E-state index contributed by atoms with van der Waals surface area (Å²) in [6.45, 7) is 9.28. The number of benzene rings is 1. The Morgan fingerprint density at radius 3 is 2.11 bits per heavy atom. The topological polar surface area (TPSA) is 35.2 Å². The summed E-state index contributed by atoms with van der Waals surface area (Å²) in [4.78, 5) is 0. The van der Waals surface area contributed by atoms with Gasteiger partial charge in [-0.1, -0.05) is 51.5 Å². The average molecular weight is 249 g/mol. The fourth-order valence-electron chi connectivity index (χ4n) is 1.98. The summed E-state index contributed by atoms with van der Waals surface area (Å²) in [5, 5.41) is 0. The summed E-state index contributed by atoms with van der Waals surface area (Å²) >= 11 is 0. The van der Waals surface area contributed by atoms with Gasteiger partial charge < -0.3 is 10.5 Å². The van der Waals surface area contributed by atoms with Crippen molar-refractivity contribution in [3.63, 3.8) is 0 Å². The second kappa shape index (κ2) is 7.55. The summed E-state index contributed by atoms with van der Waals surface area (Å²) in [6.07, 6.45) is 2.55. The average Bonchev–Trinajstić information content (AvgIpc) is 2.36. The molecule has 0 aliphatic rings. The van der Waals surface area contributed by atoms with Gasteiger partial charge in [-0.3, -0.25) is 0 Å². The lowest BCUT2D eigenvalue weighted by molar-refractivity contribution is 0.0503. The molecule has 0 saturated carbocycles. The monoisotopic (exact) mass is 249 g/mol. The van der Waals surface area contributed by atoms with Crippen LogP contribution in [0.4, 0.5) is 0 Å². The van der Waals surface area contributed by atoms with Gasteiger partial charge in [-0.2, -0.15) is 0 Å². The Morgan fingerprint density at radius 1 is 1.06 bits per heavy atom. The molecule has 1 rings (SSSR count). The van der Waals surface area contributed by atoms with Crippen molar-refractivity contribution >= 4 is 0 Å². The van der Waals surface area contributed by atoms with Crippen LogP contribution < -0.4 is 5.73 Å². The molecular weight excluding hydrogens is 222 g/mol. The van der Waals surface area contributed by atoms with Gasteiger partial charge in [-0.25, -0.2) is 0 Å². The minimum absolute atomic E-state index is 0.0227. The zero-order valence-electron chi connectivity index (χ0n) is 12.1. The second-order valence-corrected chi connectivity index (χ2v) is 5.36. The Balaban J connectivity index is 2.48. The molecule has 0 radical (unpaired) electrons. The van der Waals surface area contributed by atoms with Crippen molar-refractivity contribution in [3.05, 3.63) is 35.4 Å². The summed E-state index contributed by atoms with van der Waals surface area (Å²) in [5.41, 5.74) is 8.65. The van der Waals surface area contributed by atoms with E-state index in [2.05, 4.69) is 52.0 Å². The number of hydrogen-bond donors (Lipinski definition) is 1. The van der Waals surface area contributed by atoms with Crippen molar-refractivity contribution in [2.75, 3.05) is 6.61 Å². The Hall–Kier alpha value is -0.860. The molecule has 2 unspecified atom stereocenters. The lowest BCUT2D eigenvalue weighted by atomic mass is 9.99. The number of rotatable bonds is 7. The van der Waals surface area contributed by atoms with Crippen LogP contribution in [-0.2, 0) is 4.74 Å². The van der Waals surface area contributed by atoms with Gasteiger partial charge in [0.1, 0.15) is 0 Å². The summed E-state index contributed by atoms with van der Waals surface area (Å²) in [6, 6.07) is 8.54. The predicted molar refractivity (Wildman–Crippen MR) is 77.8 cm³/mol. The van der Waals surface area contributed by atoms with Crippen LogP contribution in [-0.4, -0.2) is 12.7 Å². The molecule has 102 valence electrons. The molecule has 0 fully saturated rings. The molecule has 0 aliphatic heterocycles. The third-order valence-corrected chi connectivity index (χ3v) is 3.29. The molecule has 0 bridgehead atoms. The van der Waals surface area contributed by atoms with Crippen LogP contribution in [0.25, 0.3) is 0 Å². The Kier molecular flexibility index (Phi) is 6.37. The molecule has 2 N–H and O–H groups in total. The molecule has 0 amide bonds. The van der Waals surface area contributed by atoms with Crippen LogP contribution in [0.3, 0.4) is 0 Å². The third kappa shape index (κ3) is 4.79. The minimum Gasteiger partial charge on any atom is -0.377 e. The van der Waals surface area contributed by atoms with Crippen LogP contribution >= 0.6 is 0 Å². The van der Waals surface area contributed by atoms with Crippen molar-refractivity contribution in [2.24, 2.45) is 5.73 Å². The quantitative estimate of drug-likeness (QED) is 0.792. The van der Waals surface area contributed by atoms with E-state index in [0.717, 1.165) is 18.4 Å². The lowest BCUT2D eigenvalue weighted by Crippen LogP contribution is -2.20. The van der Waals surface area contributed by atoms with E-state index in [9.17, 15) is 0 Å². The first-order valence-corrected chi connectivity index (χ1v) is 7.01. The van der Waals surface area contributed by atoms with Crippen molar-refractivity contribution in [1.82, 2.24) is 0 Å². The van der Waals surface area contributed by atoms with Crippen molar-refractivity contribution in [3.8, 4) is 0 Å². The van der Waals surface area contributed by atoms with E-state index in [0.29, 0.717) is 18.6 Å². The molecule has 0 aromatic heterocycles. The molecule has 1 aromatic rings. The van der Waals surface area contributed by atoms with Crippen LogP contribution in [0.2, 0.25) is 0 Å². The van der Waals surface area contributed by atoms with E-state index >= 15 is 0 Å². The first-order valence-electron chi connectivity index (χ1n) is 7.01. The van der Waals surface area contributed by atoms with Crippen LogP contribution in [0.1, 0.15) is 63.6 Å². The van der Waals surface area contributed by atoms with Gasteiger partial charge in [0.15, 0.2) is 0 Å². The van der Waals surface area contributed by atoms with Gasteiger partial charge in [0.2, 0.25) is 0 Å². The van der Waals surface area contributed by atoms with Gasteiger partial charge in [0.05, 0.1) is 18.8 Å². The predicted octanol–water partition coefficient (Wildman–Crippen LogP) is 4.02. The van der Waals surface area contributed by atoms with E-state index < -0.39 is 0 Å². The van der Waals surface area contributed by atoms with Crippen LogP contribution in [0.5, 0.6) is 0 Å². The maximum absolute atomic E-state index is 6.14. The highest BCUT2D eigenvalue weighted by atomic mass is 16.5. The first kappa shape index (κ1) is 15.2. The highest BCUT2D eigenvalue weighted by molar-refractivity contribution is 5.26. The maximum atomic E-state index is 6.14. The van der Waals surface area contributed by atoms with Crippen molar-refractivity contribution < 1.29 is 4.74 Å². The van der Waals surface area contributed by atoms with Crippen molar-refractivity contribution in [2.45, 2.75) is 58.6 Å². The Morgan fingerprint density at radius 2 is 1.61 bits per heavy atom. The molecule has 0 aliphatic carbocycles. The molecule has 2 heteroatoms. The number of nitrogens with two attached hydrogens (primary N) is 1. The van der Waals surface area contributed by atoms with E-state index in [1.165, 1.54) is 5.56 Å². The normalized spacial score (nSPS) is 14.8. The molecule has 2 atom stereocenters. The summed E-state index contributed by atoms with van der Waals surface area (Å²) < 4.78 is 5.75. The highest BCUT2D eigenvalue weighted by Gasteiger charge is 2.09. The van der Waals surface area contributed by atoms with E-state index in [4.69, 9.17) is 10.5 Å². The second-order valence-electron chi connectivity index (χ2n) is 5.36. The van der Waals surface area contributed by atoms with E-state index in [1.807, 2.05) is 0 Å². The first-order chi connectivity index (χ1) is 8.54. The van der Waals surface area contributed by atoms with E-state index in [1.54, 1.807) is 0 Å². The van der Waals surface area contributed by atoms with Crippen LogP contribution in [0.15, 0.2) is 24.3 Å². The Labute approximate surface area is 112 Å². The minimum atomic E-state index is -0.0227. The van der Waals surface area contributed by atoms with Gasteiger partial charge in [0.25, 0.3) is 0 Å². The fraction of sp³-hybridized carbons (Fsp3) is 0.625.